The fourth-order valence-corrected chi connectivity index (χ4v) is 3.53. The van der Waals surface area contributed by atoms with E-state index >= 15 is 0 Å². The third-order valence-corrected chi connectivity index (χ3v) is 5.08. The van der Waals surface area contributed by atoms with Gasteiger partial charge in [-0.25, -0.2) is 9.37 Å². The molecule has 0 fully saturated rings. The Bertz CT molecular complexity index is 1320. The van der Waals surface area contributed by atoms with E-state index in [0.717, 1.165) is 22.5 Å². The summed E-state index contributed by atoms with van der Waals surface area (Å²) in [7, 11) is 2.03. The molecule has 0 spiro atoms. The van der Waals surface area contributed by atoms with Crippen molar-refractivity contribution in [3.63, 3.8) is 0 Å². The van der Waals surface area contributed by atoms with Crippen LogP contribution in [0.25, 0.3) is 39.1 Å². The van der Waals surface area contributed by atoms with Gasteiger partial charge in [0.2, 0.25) is 0 Å². The zero-order chi connectivity index (χ0) is 18.5. The Morgan fingerprint density at radius 1 is 0.963 bits per heavy atom. The first-order valence-corrected chi connectivity index (χ1v) is 8.82. The normalized spacial score (nSPS) is 11.5. The molecule has 5 rings (SSSR count). The number of aryl methyl sites for hydroxylation is 1. The van der Waals surface area contributed by atoms with E-state index < -0.39 is 5.82 Å². The molecule has 3 heterocycles. The lowest BCUT2D eigenvalue weighted by atomic mass is 10.1. The van der Waals surface area contributed by atoms with E-state index in [9.17, 15) is 4.39 Å². The highest BCUT2D eigenvalue weighted by Crippen LogP contribution is 2.28. The van der Waals surface area contributed by atoms with E-state index in [1.807, 2.05) is 30.0 Å². The summed E-state index contributed by atoms with van der Waals surface area (Å²) in [5.74, 6) is -0.444. The first-order chi connectivity index (χ1) is 13.1. The molecule has 0 radical (unpaired) electrons. The molecule has 27 heavy (non-hydrogen) atoms. The van der Waals surface area contributed by atoms with Crippen molar-refractivity contribution in [2.45, 2.75) is 0 Å². The highest BCUT2D eigenvalue weighted by atomic mass is 35.5. The zero-order valence-electron chi connectivity index (χ0n) is 14.4. The molecular formula is C21H14ClFN4. The van der Waals surface area contributed by atoms with Crippen LogP contribution in [-0.4, -0.2) is 18.9 Å². The van der Waals surface area contributed by atoms with Crippen LogP contribution in [0.1, 0.15) is 0 Å². The minimum atomic E-state index is -0.444. The number of hydrogen-bond acceptors (Lipinski definition) is 2. The molecule has 0 aliphatic heterocycles. The van der Waals surface area contributed by atoms with Crippen LogP contribution in [0.5, 0.6) is 0 Å². The van der Waals surface area contributed by atoms with Crippen molar-refractivity contribution in [3.8, 4) is 22.5 Å². The van der Waals surface area contributed by atoms with Crippen molar-refractivity contribution in [2.75, 3.05) is 0 Å². The summed E-state index contributed by atoms with van der Waals surface area (Å²) in [6.45, 7) is 0. The van der Waals surface area contributed by atoms with Gasteiger partial charge in [0.15, 0.2) is 5.65 Å². The molecule has 5 aromatic rings. The van der Waals surface area contributed by atoms with Gasteiger partial charge in [-0.2, -0.15) is 0 Å². The number of aromatic nitrogens is 4. The van der Waals surface area contributed by atoms with Gasteiger partial charge in [-0.05, 0) is 36.4 Å². The average molecular weight is 377 g/mol. The highest BCUT2D eigenvalue weighted by molar-refractivity contribution is 6.31. The molecule has 2 aromatic carbocycles. The summed E-state index contributed by atoms with van der Waals surface area (Å²) in [4.78, 5) is 8.90. The summed E-state index contributed by atoms with van der Waals surface area (Å²) >= 11 is 5.92. The molecule has 0 aliphatic carbocycles. The van der Waals surface area contributed by atoms with E-state index in [1.54, 1.807) is 18.3 Å². The predicted molar refractivity (Wildman–Crippen MR) is 105 cm³/mol. The van der Waals surface area contributed by atoms with E-state index in [0.29, 0.717) is 5.69 Å². The van der Waals surface area contributed by atoms with Crippen molar-refractivity contribution in [1.82, 2.24) is 18.9 Å². The Morgan fingerprint density at radius 2 is 1.81 bits per heavy atom. The molecular weight excluding hydrogens is 363 g/mol. The van der Waals surface area contributed by atoms with Crippen LogP contribution in [0.4, 0.5) is 4.39 Å². The van der Waals surface area contributed by atoms with Crippen LogP contribution in [0, 0.1) is 5.82 Å². The minimum absolute atomic E-state index is 0.0785. The molecule has 0 N–H and O–H groups in total. The molecule has 3 aromatic heterocycles. The van der Waals surface area contributed by atoms with Gasteiger partial charge in [0.1, 0.15) is 5.82 Å². The maximum atomic E-state index is 13.5. The van der Waals surface area contributed by atoms with E-state index in [-0.39, 0.29) is 5.02 Å². The predicted octanol–water partition coefficient (Wildman–Crippen LogP) is 5.35. The lowest BCUT2D eigenvalue weighted by Gasteiger charge is -2.06. The van der Waals surface area contributed by atoms with Crippen LogP contribution in [-0.2, 0) is 7.05 Å². The molecule has 132 valence electrons. The van der Waals surface area contributed by atoms with Crippen LogP contribution >= 0.6 is 11.6 Å². The van der Waals surface area contributed by atoms with Gasteiger partial charge in [0.05, 0.1) is 28.8 Å². The molecule has 0 saturated heterocycles. The van der Waals surface area contributed by atoms with Crippen LogP contribution in [0.2, 0.25) is 5.02 Å². The van der Waals surface area contributed by atoms with Crippen LogP contribution in [0.15, 0.2) is 67.3 Å². The Labute approximate surface area is 159 Å². The standard InChI is InChI=1S/C21H14ClFN4/c1-26-7-6-15-8-14(3-5-19(15)26)20-10-25-21-11-24-18(12-27(20)21)13-2-4-17(23)16(22)9-13/h2-12H,1H3. The summed E-state index contributed by atoms with van der Waals surface area (Å²) < 4.78 is 17.5. The van der Waals surface area contributed by atoms with Gasteiger partial charge in [0, 0.05) is 41.5 Å². The summed E-state index contributed by atoms with van der Waals surface area (Å²) in [5.41, 5.74) is 5.40. The van der Waals surface area contributed by atoms with Crippen molar-refractivity contribution >= 4 is 28.2 Å². The Balaban J connectivity index is 1.67. The van der Waals surface area contributed by atoms with E-state index in [1.165, 1.54) is 17.0 Å². The van der Waals surface area contributed by atoms with E-state index in [2.05, 4.69) is 38.8 Å². The van der Waals surface area contributed by atoms with Crippen LogP contribution in [0.3, 0.4) is 0 Å². The molecule has 6 heteroatoms. The minimum Gasteiger partial charge on any atom is -0.351 e. The molecule has 0 atom stereocenters. The molecule has 0 amide bonds. The van der Waals surface area contributed by atoms with Gasteiger partial charge in [0.25, 0.3) is 0 Å². The summed E-state index contributed by atoms with van der Waals surface area (Å²) in [5, 5.41) is 1.25. The quantitative estimate of drug-likeness (QED) is 0.416. The van der Waals surface area contributed by atoms with Gasteiger partial charge < -0.3 is 4.57 Å². The molecule has 0 saturated carbocycles. The second-order valence-electron chi connectivity index (χ2n) is 6.47. The maximum absolute atomic E-state index is 13.5. The lowest BCUT2D eigenvalue weighted by Crippen LogP contribution is -1.93. The smallest absolute Gasteiger partial charge is 0.155 e. The average Bonchev–Trinajstić information content (AvgIpc) is 3.27. The SMILES string of the molecule is Cn1ccc2cc(-c3cnc4cnc(-c5ccc(F)c(Cl)c5)cn34)ccc21. The number of halogens is 2. The number of benzene rings is 2. The second-order valence-corrected chi connectivity index (χ2v) is 6.88. The number of nitrogens with zero attached hydrogens (tertiary/aromatic N) is 4. The molecule has 0 unspecified atom stereocenters. The first kappa shape index (κ1) is 16.0. The number of fused-ring (bicyclic) bond motifs is 2. The molecule has 4 nitrogen and oxygen atoms in total. The first-order valence-electron chi connectivity index (χ1n) is 8.44. The Morgan fingerprint density at radius 3 is 2.67 bits per heavy atom. The number of imidazole rings is 1. The van der Waals surface area contributed by atoms with Gasteiger partial charge >= 0.3 is 0 Å². The summed E-state index contributed by atoms with van der Waals surface area (Å²) in [6, 6.07) is 13.0. The summed E-state index contributed by atoms with van der Waals surface area (Å²) in [6.07, 6.45) is 7.49. The topological polar surface area (TPSA) is 35.1 Å². The largest absolute Gasteiger partial charge is 0.351 e. The van der Waals surface area contributed by atoms with E-state index in [4.69, 9.17) is 11.6 Å². The fourth-order valence-electron chi connectivity index (χ4n) is 3.35. The van der Waals surface area contributed by atoms with Gasteiger partial charge in [-0.15, -0.1) is 0 Å². The monoisotopic (exact) mass is 376 g/mol. The third kappa shape index (κ3) is 2.59. The van der Waals surface area contributed by atoms with Gasteiger partial charge in [-0.3, -0.25) is 9.38 Å². The third-order valence-electron chi connectivity index (χ3n) is 4.79. The maximum Gasteiger partial charge on any atom is 0.155 e. The van der Waals surface area contributed by atoms with Crippen molar-refractivity contribution in [3.05, 3.63) is 78.1 Å². The van der Waals surface area contributed by atoms with Crippen molar-refractivity contribution < 1.29 is 4.39 Å². The number of hydrogen-bond donors (Lipinski definition) is 0. The molecule has 0 aliphatic rings. The van der Waals surface area contributed by atoms with Crippen molar-refractivity contribution in [1.29, 1.82) is 0 Å². The Hall–Kier alpha value is -3.18. The highest BCUT2D eigenvalue weighted by Gasteiger charge is 2.11. The Kier molecular flexibility index (Phi) is 3.52. The lowest BCUT2D eigenvalue weighted by molar-refractivity contribution is 0.628. The van der Waals surface area contributed by atoms with Crippen molar-refractivity contribution in [2.24, 2.45) is 7.05 Å². The second kappa shape index (κ2) is 5.93. The van der Waals surface area contributed by atoms with Gasteiger partial charge in [-0.1, -0.05) is 17.7 Å². The fraction of sp³-hybridized carbons (Fsp3) is 0.0476. The van der Waals surface area contributed by atoms with Crippen LogP contribution < -0.4 is 0 Å². The number of rotatable bonds is 2. The molecule has 0 bridgehead atoms. The zero-order valence-corrected chi connectivity index (χ0v) is 15.2.